The Labute approximate surface area is 318 Å². The smallest absolute Gasteiger partial charge is 0.136 e. The van der Waals surface area contributed by atoms with E-state index in [9.17, 15) is 0 Å². The van der Waals surface area contributed by atoms with Gasteiger partial charge in [0.05, 0.1) is 0 Å². The summed E-state index contributed by atoms with van der Waals surface area (Å²) < 4.78 is 12.7. The van der Waals surface area contributed by atoms with Crippen LogP contribution in [-0.4, -0.2) is 0 Å². The van der Waals surface area contributed by atoms with Gasteiger partial charge in [0.2, 0.25) is 0 Å². The van der Waals surface area contributed by atoms with Crippen molar-refractivity contribution in [3.8, 4) is 44.5 Å². The maximum Gasteiger partial charge on any atom is 0.136 e. The quantitative estimate of drug-likeness (QED) is 0.167. The molecule has 0 saturated carbocycles. The highest BCUT2D eigenvalue weighted by atomic mass is 16.3. The van der Waals surface area contributed by atoms with Crippen LogP contribution in [0.15, 0.2) is 185 Å². The number of furan rings is 2. The Hall–Kier alpha value is -7.16. The molecule has 11 rings (SSSR count). The summed E-state index contributed by atoms with van der Waals surface area (Å²) in [6.45, 7) is 6.26. The van der Waals surface area contributed by atoms with Gasteiger partial charge in [0, 0.05) is 21.7 Å². The van der Waals surface area contributed by atoms with Crippen molar-refractivity contribution in [1.82, 2.24) is 0 Å². The maximum absolute atomic E-state index is 6.52. The molecule has 0 bridgehead atoms. The molecule has 55 heavy (non-hydrogen) atoms. The van der Waals surface area contributed by atoms with Crippen LogP contribution in [0.5, 0.6) is 0 Å². The average molecular weight is 703 g/mol. The van der Waals surface area contributed by atoms with Crippen LogP contribution in [-0.2, 0) is 0 Å². The van der Waals surface area contributed by atoms with Gasteiger partial charge in [0.25, 0.3) is 0 Å². The minimum atomic E-state index is 0.767. The third-order valence-electron chi connectivity index (χ3n) is 11.4. The Morgan fingerprint density at radius 2 is 0.964 bits per heavy atom. The lowest BCUT2D eigenvalue weighted by atomic mass is 9.84. The number of hydrogen-bond donors (Lipinski definition) is 0. The molecule has 0 atom stereocenters. The SMILES string of the molecule is C=Cc1oc2cc(-c3ccc(-c4c5ccccc5c(-c5cccc6ccccc56)c5ccccc45)cc3)ccc2c1-c1cc2c(cc1C)oc1ccccc12. The molecule has 11 aromatic rings. The van der Waals surface area contributed by atoms with Crippen LogP contribution in [0.1, 0.15) is 11.3 Å². The largest absolute Gasteiger partial charge is 0.456 e. The number of rotatable bonds is 5. The first-order valence-corrected chi connectivity index (χ1v) is 18.8. The highest BCUT2D eigenvalue weighted by Gasteiger charge is 2.21. The second-order valence-electron chi connectivity index (χ2n) is 14.5. The van der Waals surface area contributed by atoms with E-state index in [0.29, 0.717) is 0 Å². The Morgan fingerprint density at radius 1 is 0.382 bits per heavy atom. The van der Waals surface area contributed by atoms with Crippen LogP contribution in [0.4, 0.5) is 0 Å². The van der Waals surface area contributed by atoms with Gasteiger partial charge in [0.15, 0.2) is 0 Å². The molecule has 0 unspecified atom stereocenters. The highest BCUT2D eigenvalue weighted by Crippen LogP contribution is 2.46. The molecule has 258 valence electrons. The van der Waals surface area contributed by atoms with Gasteiger partial charge >= 0.3 is 0 Å². The van der Waals surface area contributed by atoms with Crippen molar-refractivity contribution in [2.75, 3.05) is 0 Å². The summed E-state index contributed by atoms with van der Waals surface area (Å²) in [5, 5.41) is 10.8. The van der Waals surface area contributed by atoms with Crippen molar-refractivity contribution < 1.29 is 8.83 Å². The van der Waals surface area contributed by atoms with Gasteiger partial charge in [-0.25, -0.2) is 0 Å². The van der Waals surface area contributed by atoms with E-state index in [2.05, 4.69) is 171 Å². The Balaban J connectivity index is 1.03. The average Bonchev–Trinajstić information content (AvgIpc) is 3.79. The minimum absolute atomic E-state index is 0.767. The number of aryl methyl sites for hydroxylation is 1. The summed E-state index contributed by atoms with van der Waals surface area (Å²) in [4.78, 5) is 0. The molecule has 0 N–H and O–H groups in total. The van der Waals surface area contributed by atoms with E-state index in [-0.39, 0.29) is 0 Å². The second-order valence-corrected chi connectivity index (χ2v) is 14.5. The summed E-state index contributed by atoms with van der Waals surface area (Å²) in [5.74, 6) is 0.767. The van der Waals surface area contributed by atoms with Crippen LogP contribution in [0.25, 0.3) is 116 Å². The highest BCUT2D eigenvalue weighted by molar-refractivity contribution is 6.23. The lowest BCUT2D eigenvalue weighted by Crippen LogP contribution is -1.91. The molecule has 0 aliphatic heterocycles. The molecule has 0 radical (unpaired) electrons. The molecule has 0 aliphatic carbocycles. The first kappa shape index (κ1) is 31.4. The van der Waals surface area contributed by atoms with Crippen molar-refractivity contribution in [2.45, 2.75) is 6.92 Å². The zero-order valence-corrected chi connectivity index (χ0v) is 30.3. The van der Waals surface area contributed by atoms with Gasteiger partial charge in [-0.1, -0.05) is 146 Å². The zero-order valence-electron chi connectivity index (χ0n) is 30.3. The molecule has 2 heterocycles. The number of benzene rings is 9. The van der Waals surface area contributed by atoms with E-state index >= 15 is 0 Å². The van der Waals surface area contributed by atoms with E-state index in [1.165, 1.54) is 54.6 Å². The molecule has 0 amide bonds. The normalized spacial score (nSPS) is 11.8. The van der Waals surface area contributed by atoms with E-state index in [1.54, 1.807) is 0 Å². The van der Waals surface area contributed by atoms with Gasteiger partial charge in [-0.05, 0) is 120 Å². The molecule has 0 saturated heterocycles. The molecule has 2 nitrogen and oxygen atoms in total. The van der Waals surface area contributed by atoms with E-state index in [0.717, 1.165) is 66.5 Å². The summed E-state index contributed by atoms with van der Waals surface area (Å²) in [6, 6.07) is 61.2. The van der Waals surface area contributed by atoms with Crippen molar-refractivity contribution >= 4 is 71.3 Å². The van der Waals surface area contributed by atoms with Crippen LogP contribution in [0.3, 0.4) is 0 Å². The summed E-state index contributed by atoms with van der Waals surface area (Å²) in [7, 11) is 0. The first-order chi connectivity index (χ1) is 27.1. The Bertz CT molecular complexity index is 3270. The fourth-order valence-corrected chi connectivity index (χ4v) is 8.86. The molecule has 0 aliphatic rings. The van der Waals surface area contributed by atoms with Gasteiger partial charge in [-0.2, -0.15) is 0 Å². The predicted molar refractivity (Wildman–Crippen MR) is 233 cm³/mol. The second kappa shape index (κ2) is 12.2. The van der Waals surface area contributed by atoms with Crippen molar-refractivity contribution in [3.05, 3.63) is 188 Å². The maximum atomic E-state index is 6.52. The van der Waals surface area contributed by atoms with Crippen molar-refractivity contribution in [2.24, 2.45) is 0 Å². The van der Waals surface area contributed by atoms with Crippen LogP contribution in [0.2, 0.25) is 0 Å². The Morgan fingerprint density at radius 3 is 1.69 bits per heavy atom. The van der Waals surface area contributed by atoms with Crippen molar-refractivity contribution in [1.29, 1.82) is 0 Å². The lowest BCUT2D eigenvalue weighted by Gasteiger charge is -2.19. The van der Waals surface area contributed by atoms with E-state index in [4.69, 9.17) is 8.83 Å². The molecular weight excluding hydrogens is 669 g/mol. The zero-order chi connectivity index (χ0) is 36.6. The number of para-hydroxylation sites is 1. The number of fused-ring (bicyclic) bond motifs is 7. The lowest BCUT2D eigenvalue weighted by molar-refractivity contribution is 0.605. The molecule has 0 fully saturated rings. The van der Waals surface area contributed by atoms with Crippen LogP contribution >= 0.6 is 0 Å². The molecular formula is C53H34O2. The summed E-state index contributed by atoms with van der Waals surface area (Å²) >= 11 is 0. The fraction of sp³-hybridized carbons (Fsp3) is 0.0189. The summed E-state index contributed by atoms with van der Waals surface area (Å²) in [5.41, 5.74) is 13.1. The molecule has 2 heteroatoms. The Kier molecular flexibility index (Phi) is 6.96. The first-order valence-electron chi connectivity index (χ1n) is 18.8. The van der Waals surface area contributed by atoms with E-state index in [1.807, 2.05) is 18.2 Å². The monoisotopic (exact) mass is 702 g/mol. The molecule has 9 aromatic carbocycles. The van der Waals surface area contributed by atoms with Crippen LogP contribution < -0.4 is 0 Å². The van der Waals surface area contributed by atoms with E-state index < -0.39 is 0 Å². The van der Waals surface area contributed by atoms with Gasteiger partial charge in [0.1, 0.15) is 22.5 Å². The van der Waals surface area contributed by atoms with Gasteiger partial charge in [-0.3, -0.25) is 0 Å². The topological polar surface area (TPSA) is 26.3 Å². The fourth-order valence-electron chi connectivity index (χ4n) is 8.86. The van der Waals surface area contributed by atoms with Crippen LogP contribution in [0, 0.1) is 6.92 Å². The minimum Gasteiger partial charge on any atom is -0.456 e. The predicted octanol–water partition coefficient (Wildman–Crippen LogP) is 15.4. The third-order valence-corrected chi connectivity index (χ3v) is 11.4. The summed E-state index contributed by atoms with van der Waals surface area (Å²) in [6.07, 6.45) is 1.82. The standard InChI is InChI=1S/C53H34O2/c1-3-47-53(45-31-46-38-16-10-11-22-48(38)55-49(46)29-32(45)2)44-28-27-36(30-50(44)54-47)33-23-25-35(26-24-33)51-40-17-6-8-19-42(40)52(43-20-9-7-18-41(43)51)39-21-12-14-34-13-4-5-15-37(34)39/h3-31H,1H2,2H3. The van der Waals surface area contributed by atoms with Gasteiger partial charge in [-0.15, -0.1) is 0 Å². The molecule has 2 aromatic heterocycles. The molecule has 0 spiro atoms. The number of hydrogen-bond acceptors (Lipinski definition) is 2. The third kappa shape index (κ3) is 4.82. The van der Waals surface area contributed by atoms with Crippen molar-refractivity contribution in [3.63, 3.8) is 0 Å². The van der Waals surface area contributed by atoms with Gasteiger partial charge < -0.3 is 8.83 Å².